The highest BCUT2D eigenvalue weighted by Gasteiger charge is 2.25. The van der Waals surface area contributed by atoms with Crippen molar-refractivity contribution in [3.05, 3.63) is 42.7 Å². The summed E-state index contributed by atoms with van der Waals surface area (Å²) >= 11 is 1.39. The Morgan fingerprint density at radius 3 is 2.50 bits per heavy atom. The van der Waals surface area contributed by atoms with Crippen LogP contribution < -0.4 is 21.9 Å². The Bertz CT molecular complexity index is 1020. The third-order valence-corrected chi connectivity index (χ3v) is 5.69. The minimum atomic E-state index is -0.695. The van der Waals surface area contributed by atoms with Gasteiger partial charge in [0.1, 0.15) is 5.82 Å². The van der Waals surface area contributed by atoms with Crippen molar-refractivity contribution in [3.8, 4) is 0 Å². The second kappa shape index (κ2) is 10.4. The van der Waals surface area contributed by atoms with Crippen LogP contribution in [0.2, 0.25) is 0 Å². The number of nitrogens with zero attached hydrogens (tertiary/aromatic N) is 2. The summed E-state index contributed by atoms with van der Waals surface area (Å²) in [6.45, 7) is 8.33. The van der Waals surface area contributed by atoms with Crippen molar-refractivity contribution in [1.29, 1.82) is 0 Å². The molecule has 0 aliphatic carbocycles. The van der Waals surface area contributed by atoms with Crippen LogP contribution in [0.4, 0.5) is 11.5 Å². The van der Waals surface area contributed by atoms with Crippen LogP contribution in [0.15, 0.2) is 21.7 Å². The number of carbonyl (C=O) groups is 2. The number of aryl methyl sites for hydroxylation is 1. The number of unbranched alkanes of at least 4 members (excludes halogenated alkanes) is 1. The summed E-state index contributed by atoms with van der Waals surface area (Å²) in [6.07, 6.45) is 1.55. The van der Waals surface area contributed by atoms with E-state index < -0.39 is 11.2 Å². The number of carbonyl (C=O) groups excluding carboxylic acids is 2. The van der Waals surface area contributed by atoms with E-state index in [1.807, 2.05) is 33.8 Å². The fourth-order valence-corrected chi connectivity index (χ4v) is 3.96. The number of aromatic nitrogens is 2. The van der Waals surface area contributed by atoms with Gasteiger partial charge in [-0.15, -0.1) is 11.3 Å². The molecule has 0 saturated carbocycles. The molecule has 0 bridgehead atoms. The number of hydrogen-bond donors (Lipinski definition) is 2. The number of nitrogen functional groups attached to an aromatic ring is 1. The van der Waals surface area contributed by atoms with Gasteiger partial charge >= 0.3 is 5.69 Å². The zero-order chi connectivity index (χ0) is 22.4. The van der Waals surface area contributed by atoms with Crippen molar-refractivity contribution in [2.75, 3.05) is 17.2 Å². The third kappa shape index (κ3) is 5.69. The number of thiophene rings is 1. The lowest BCUT2D eigenvalue weighted by Gasteiger charge is -2.26. The number of ketones is 1. The molecule has 0 spiro atoms. The number of hydrogen-bond acceptors (Lipinski definition) is 6. The van der Waals surface area contributed by atoms with Gasteiger partial charge in [0.25, 0.3) is 5.56 Å². The lowest BCUT2D eigenvalue weighted by atomic mass is 10.1. The number of nitrogens with one attached hydrogen (secondary N) is 1. The van der Waals surface area contributed by atoms with E-state index in [4.69, 9.17) is 5.73 Å². The summed E-state index contributed by atoms with van der Waals surface area (Å²) in [4.78, 5) is 55.4. The van der Waals surface area contributed by atoms with E-state index in [-0.39, 0.29) is 48.5 Å². The molecule has 0 aromatic carbocycles. The Morgan fingerprint density at radius 1 is 1.23 bits per heavy atom. The van der Waals surface area contributed by atoms with Crippen molar-refractivity contribution in [2.45, 2.75) is 59.9 Å². The quantitative estimate of drug-likeness (QED) is 0.557. The van der Waals surface area contributed by atoms with Crippen LogP contribution in [0, 0.1) is 12.8 Å². The van der Waals surface area contributed by atoms with Crippen LogP contribution in [0.25, 0.3) is 0 Å². The summed E-state index contributed by atoms with van der Waals surface area (Å²) in [5.41, 5.74) is 4.87. The molecule has 30 heavy (non-hydrogen) atoms. The van der Waals surface area contributed by atoms with Crippen molar-refractivity contribution < 1.29 is 9.59 Å². The summed E-state index contributed by atoms with van der Waals surface area (Å²) in [5.74, 6) is -0.449. The van der Waals surface area contributed by atoms with E-state index in [9.17, 15) is 19.2 Å². The Kier molecular flexibility index (Phi) is 8.16. The molecule has 2 aromatic rings. The Labute approximate surface area is 179 Å². The molecule has 8 nitrogen and oxygen atoms in total. The molecular weight excluding hydrogens is 404 g/mol. The van der Waals surface area contributed by atoms with Crippen molar-refractivity contribution in [1.82, 2.24) is 9.55 Å². The summed E-state index contributed by atoms with van der Waals surface area (Å²) in [6, 6.07) is 3.62. The van der Waals surface area contributed by atoms with Crippen LogP contribution in [-0.2, 0) is 11.3 Å². The Morgan fingerprint density at radius 2 is 1.93 bits per heavy atom. The molecule has 0 radical (unpaired) electrons. The molecule has 2 rings (SSSR count). The summed E-state index contributed by atoms with van der Waals surface area (Å²) in [5, 5.41) is 0. The normalized spacial score (nSPS) is 11.1. The zero-order valence-electron chi connectivity index (χ0n) is 18.0. The van der Waals surface area contributed by atoms with Crippen LogP contribution in [0.1, 0.15) is 61.0 Å². The lowest BCUT2D eigenvalue weighted by molar-refractivity contribution is -0.118. The Hall–Kier alpha value is -2.68. The van der Waals surface area contributed by atoms with Gasteiger partial charge in [-0.3, -0.25) is 23.9 Å². The third-order valence-electron chi connectivity index (χ3n) is 4.65. The smallest absolute Gasteiger partial charge is 0.330 e. The maximum Gasteiger partial charge on any atom is 0.330 e. The van der Waals surface area contributed by atoms with Gasteiger partial charge in [-0.05, 0) is 31.4 Å². The number of amides is 1. The average Bonchev–Trinajstić information content (AvgIpc) is 3.10. The van der Waals surface area contributed by atoms with Crippen LogP contribution in [0.3, 0.4) is 0 Å². The van der Waals surface area contributed by atoms with Gasteiger partial charge in [0.05, 0.1) is 4.88 Å². The first-order chi connectivity index (χ1) is 14.1. The molecule has 1 amide bonds. The number of aromatic amines is 1. The summed E-state index contributed by atoms with van der Waals surface area (Å²) in [7, 11) is 0. The van der Waals surface area contributed by atoms with Crippen molar-refractivity contribution in [2.24, 2.45) is 5.92 Å². The van der Waals surface area contributed by atoms with Gasteiger partial charge in [-0.2, -0.15) is 0 Å². The van der Waals surface area contributed by atoms with E-state index in [1.165, 1.54) is 20.8 Å². The first kappa shape index (κ1) is 23.6. The minimum absolute atomic E-state index is 0.0218. The van der Waals surface area contributed by atoms with Gasteiger partial charge in [-0.1, -0.05) is 27.2 Å². The maximum absolute atomic E-state index is 13.0. The minimum Gasteiger partial charge on any atom is -0.383 e. The molecule has 3 N–H and O–H groups in total. The first-order valence-corrected chi connectivity index (χ1v) is 11.0. The predicted molar refractivity (Wildman–Crippen MR) is 120 cm³/mol. The van der Waals surface area contributed by atoms with E-state index in [2.05, 4.69) is 4.98 Å². The largest absolute Gasteiger partial charge is 0.383 e. The van der Waals surface area contributed by atoms with E-state index in [1.54, 1.807) is 6.07 Å². The standard InChI is InChI=1S/C21H30N4O4S/c1-5-6-11-24-19(22)18(20(28)23-21(24)29)25(12-13(2)3)17(27)10-8-15(26)16-9-7-14(4)30-16/h7,9,13H,5-6,8,10-12,22H2,1-4H3,(H,23,28,29). The number of rotatable bonds is 10. The van der Waals surface area contributed by atoms with E-state index in [0.717, 1.165) is 11.3 Å². The number of Topliss-reactive ketones (excluding diaryl/α,β-unsaturated/α-hetero) is 1. The second-order valence-electron chi connectivity index (χ2n) is 7.73. The second-order valence-corrected chi connectivity index (χ2v) is 9.02. The van der Waals surface area contributed by atoms with E-state index >= 15 is 0 Å². The SMILES string of the molecule is CCCCn1c(N)c(N(CC(C)C)C(=O)CCC(=O)c2ccc(C)s2)c(=O)[nH]c1=O. The molecule has 0 saturated heterocycles. The van der Waals surface area contributed by atoms with Crippen LogP contribution in [-0.4, -0.2) is 27.8 Å². The van der Waals surface area contributed by atoms with Gasteiger partial charge in [0, 0.05) is 30.8 Å². The highest BCUT2D eigenvalue weighted by atomic mass is 32.1. The average molecular weight is 435 g/mol. The topological polar surface area (TPSA) is 118 Å². The highest BCUT2D eigenvalue weighted by molar-refractivity contribution is 7.14. The van der Waals surface area contributed by atoms with Crippen molar-refractivity contribution >= 4 is 34.5 Å². The molecule has 2 heterocycles. The van der Waals surface area contributed by atoms with E-state index in [0.29, 0.717) is 17.8 Å². The number of anilines is 2. The lowest BCUT2D eigenvalue weighted by Crippen LogP contribution is -2.42. The molecule has 0 unspecified atom stereocenters. The molecule has 0 fully saturated rings. The molecule has 164 valence electrons. The number of nitrogens with two attached hydrogens (primary N) is 1. The number of H-pyrrole nitrogens is 1. The molecule has 2 aromatic heterocycles. The fourth-order valence-electron chi connectivity index (χ4n) is 3.12. The van der Waals surface area contributed by atoms with Gasteiger partial charge < -0.3 is 10.6 Å². The molecule has 0 aliphatic rings. The summed E-state index contributed by atoms with van der Waals surface area (Å²) < 4.78 is 1.29. The molecule has 0 aliphatic heterocycles. The Balaban J connectivity index is 2.32. The fraction of sp³-hybridized carbons (Fsp3) is 0.524. The maximum atomic E-state index is 13.0. The molecule has 0 atom stereocenters. The highest BCUT2D eigenvalue weighted by Crippen LogP contribution is 2.22. The van der Waals surface area contributed by atoms with Crippen molar-refractivity contribution in [3.63, 3.8) is 0 Å². The predicted octanol–water partition coefficient (Wildman–Crippen LogP) is 2.94. The van der Waals surface area contributed by atoms with Gasteiger partial charge in [0.15, 0.2) is 11.5 Å². The van der Waals surface area contributed by atoms with Gasteiger partial charge in [0.2, 0.25) is 5.91 Å². The van der Waals surface area contributed by atoms with Gasteiger partial charge in [-0.25, -0.2) is 4.79 Å². The molecular formula is C21H30N4O4S. The zero-order valence-corrected chi connectivity index (χ0v) is 18.8. The monoisotopic (exact) mass is 434 g/mol. The van der Waals surface area contributed by atoms with Crippen LogP contribution >= 0.6 is 11.3 Å². The molecule has 9 heteroatoms. The van der Waals surface area contributed by atoms with Crippen LogP contribution in [0.5, 0.6) is 0 Å². The first-order valence-electron chi connectivity index (χ1n) is 10.2.